The fourth-order valence-corrected chi connectivity index (χ4v) is 2.83. The standard InChI is InChI=1S/C16H30N4O/c1-13(2)9-17-10-15-12-21-16(18-15)20-7-5-14(6-8-20)11-19(3)4/h12-14,17H,5-11H2,1-4H3. The van der Waals surface area contributed by atoms with E-state index in [1.807, 2.05) is 0 Å². The number of nitrogens with one attached hydrogen (secondary N) is 1. The highest BCUT2D eigenvalue weighted by molar-refractivity contribution is 5.27. The molecule has 0 amide bonds. The fraction of sp³-hybridized carbons (Fsp3) is 0.812. The van der Waals surface area contributed by atoms with Gasteiger partial charge in [0.1, 0.15) is 6.26 Å². The van der Waals surface area contributed by atoms with Crippen molar-refractivity contribution in [2.24, 2.45) is 11.8 Å². The summed E-state index contributed by atoms with van der Waals surface area (Å²) in [6.45, 7) is 9.51. The number of hydrogen-bond donors (Lipinski definition) is 1. The highest BCUT2D eigenvalue weighted by Crippen LogP contribution is 2.23. The molecule has 2 rings (SSSR count). The summed E-state index contributed by atoms with van der Waals surface area (Å²) in [4.78, 5) is 9.16. The number of rotatable bonds is 7. The molecule has 0 unspecified atom stereocenters. The normalized spacial score (nSPS) is 17.1. The van der Waals surface area contributed by atoms with Gasteiger partial charge in [0.15, 0.2) is 0 Å². The first-order valence-electron chi connectivity index (χ1n) is 8.09. The number of anilines is 1. The predicted octanol–water partition coefficient (Wildman–Crippen LogP) is 2.20. The Hall–Kier alpha value is -1.07. The van der Waals surface area contributed by atoms with Gasteiger partial charge in [-0.15, -0.1) is 0 Å². The average Bonchev–Trinajstić information content (AvgIpc) is 2.87. The molecule has 1 aliphatic heterocycles. The second-order valence-corrected chi connectivity index (χ2v) is 6.84. The molecule has 0 aliphatic carbocycles. The molecule has 1 aromatic rings. The van der Waals surface area contributed by atoms with Gasteiger partial charge in [-0.25, -0.2) is 0 Å². The lowest BCUT2D eigenvalue weighted by Gasteiger charge is -2.32. The summed E-state index contributed by atoms with van der Waals surface area (Å²) in [5.74, 6) is 1.46. The van der Waals surface area contributed by atoms with E-state index in [-0.39, 0.29) is 0 Å². The van der Waals surface area contributed by atoms with E-state index in [4.69, 9.17) is 4.42 Å². The molecule has 1 fully saturated rings. The van der Waals surface area contributed by atoms with Crippen molar-refractivity contribution in [3.63, 3.8) is 0 Å². The second kappa shape index (κ2) is 7.80. The second-order valence-electron chi connectivity index (χ2n) is 6.84. The van der Waals surface area contributed by atoms with Crippen molar-refractivity contribution in [2.45, 2.75) is 33.2 Å². The van der Waals surface area contributed by atoms with Crippen molar-refractivity contribution in [2.75, 3.05) is 45.2 Å². The lowest BCUT2D eigenvalue weighted by molar-refractivity contribution is 0.281. The topological polar surface area (TPSA) is 44.5 Å². The minimum atomic E-state index is 0.659. The van der Waals surface area contributed by atoms with E-state index in [2.05, 4.69) is 48.0 Å². The third kappa shape index (κ3) is 5.32. The Kier molecular flexibility index (Phi) is 6.06. The fourth-order valence-electron chi connectivity index (χ4n) is 2.83. The van der Waals surface area contributed by atoms with Crippen molar-refractivity contribution < 1.29 is 4.42 Å². The van der Waals surface area contributed by atoms with Gasteiger partial charge in [0.05, 0.1) is 5.69 Å². The molecule has 1 aromatic heterocycles. The van der Waals surface area contributed by atoms with E-state index in [1.54, 1.807) is 6.26 Å². The number of piperidine rings is 1. The smallest absolute Gasteiger partial charge is 0.297 e. The number of hydrogen-bond acceptors (Lipinski definition) is 5. The van der Waals surface area contributed by atoms with E-state index in [9.17, 15) is 0 Å². The maximum absolute atomic E-state index is 5.64. The summed E-state index contributed by atoms with van der Waals surface area (Å²) >= 11 is 0. The molecule has 2 heterocycles. The molecule has 21 heavy (non-hydrogen) atoms. The van der Waals surface area contributed by atoms with Gasteiger partial charge in [-0.1, -0.05) is 13.8 Å². The minimum absolute atomic E-state index is 0.659. The largest absolute Gasteiger partial charge is 0.432 e. The molecule has 120 valence electrons. The SMILES string of the molecule is CC(C)CNCc1coc(N2CCC(CN(C)C)CC2)n1. The van der Waals surface area contributed by atoms with Crippen molar-refractivity contribution in [3.8, 4) is 0 Å². The lowest BCUT2D eigenvalue weighted by atomic mass is 9.97. The third-order valence-electron chi connectivity index (χ3n) is 3.91. The maximum Gasteiger partial charge on any atom is 0.297 e. The van der Waals surface area contributed by atoms with Crippen LogP contribution in [0.5, 0.6) is 0 Å². The highest BCUT2D eigenvalue weighted by atomic mass is 16.4. The Morgan fingerprint density at radius 2 is 2.10 bits per heavy atom. The Morgan fingerprint density at radius 3 is 2.71 bits per heavy atom. The van der Waals surface area contributed by atoms with Crippen LogP contribution < -0.4 is 10.2 Å². The van der Waals surface area contributed by atoms with E-state index >= 15 is 0 Å². The molecule has 0 radical (unpaired) electrons. The molecule has 1 saturated heterocycles. The van der Waals surface area contributed by atoms with Crippen LogP contribution in [0.1, 0.15) is 32.4 Å². The quantitative estimate of drug-likeness (QED) is 0.835. The molecule has 5 nitrogen and oxygen atoms in total. The first-order valence-corrected chi connectivity index (χ1v) is 8.09. The Balaban J connectivity index is 1.77. The maximum atomic E-state index is 5.64. The van der Waals surface area contributed by atoms with E-state index in [0.717, 1.165) is 43.8 Å². The van der Waals surface area contributed by atoms with Crippen molar-refractivity contribution in [3.05, 3.63) is 12.0 Å². The van der Waals surface area contributed by atoms with Gasteiger partial charge in [0.2, 0.25) is 0 Å². The van der Waals surface area contributed by atoms with Crippen LogP contribution in [0.3, 0.4) is 0 Å². The zero-order valence-electron chi connectivity index (χ0n) is 13.9. The molecule has 0 aromatic carbocycles. The first-order chi connectivity index (χ1) is 10.0. The van der Waals surface area contributed by atoms with Gasteiger partial charge in [-0.3, -0.25) is 0 Å². The van der Waals surface area contributed by atoms with Gasteiger partial charge in [0.25, 0.3) is 6.01 Å². The average molecular weight is 294 g/mol. The summed E-state index contributed by atoms with van der Waals surface area (Å²) in [5.41, 5.74) is 1.00. The molecule has 0 saturated carbocycles. The number of aromatic nitrogens is 1. The van der Waals surface area contributed by atoms with Crippen LogP contribution in [0.2, 0.25) is 0 Å². The van der Waals surface area contributed by atoms with Crippen molar-refractivity contribution in [1.82, 2.24) is 15.2 Å². The summed E-state index contributed by atoms with van der Waals surface area (Å²) in [5, 5.41) is 3.40. The molecule has 0 spiro atoms. The van der Waals surface area contributed by atoms with Crippen LogP contribution in [-0.4, -0.2) is 50.2 Å². The minimum Gasteiger partial charge on any atom is -0.432 e. The lowest BCUT2D eigenvalue weighted by Crippen LogP contribution is -2.37. The molecular weight excluding hydrogens is 264 g/mol. The first kappa shape index (κ1) is 16.3. The summed E-state index contributed by atoms with van der Waals surface area (Å²) in [6.07, 6.45) is 4.23. The van der Waals surface area contributed by atoms with Crippen LogP contribution in [0.15, 0.2) is 10.7 Å². The molecule has 1 aliphatic rings. The summed E-state index contributed by atoms with van der Waals surface area (Å²) in [7, 11) is 4.30. The van der Waals surface area contributed by atoms with Crippen LogP contribution in [0.4, 0.5) is 6.01 Å². The van der Waals surface area contributed by atoms with Crippen molar-refractivity contribution in [1.29, 1.82) is 0 Å². The van der Waals surface area contributed by atoms with Crippen LogP contribution in [0.25, 0.3) is 0 Å². The summed E-state index contributed by atoms with van der Waals surface area (Å²) < 4.78 is 5.64. The van der Waals surface area contributed by atoms with Crippen LogP contribution in [0, 0.1) is 11.8 Å². The summed E-state index contributed by atoms with van der Waals surface area (Å²) in [6, 6.07) is 0.791. The number of nitrogens with zero attached hydrogens (tertiary/aromatic N) is 3. The molecular formula is C16H30N4O. The van der Waals surface area contributed by atoms with Gasteiger partial charge < -0.3 is 19.5 Å². The number of oxazole rings is 1. The zero-order valence-corrected chi connectivity index (χ0v) is 13.9. The third-order valence-corrected chi connectivity index (χ3v) is 3.91. The Labute approximate surface area is 128 Å². The molecule has 0 bridgehead atoms. The van der Waals surface area contributed by atoms with Gasteiger partial charge in [-0.2, -0.15) is 4.98 Å². The van der Waals surface area contributed by atoms with E-state index in [0.29, 0.717) is 5.92 Å². The Morgan fingerprint density at radius 1 is 1.38 bits per heavy atom. The molecule has 0 atom stereocenters. The van der Waals surface area contributed by atoms with Gasteiger partial charge in [0, 0.05) is 26.2 Å². The Bertz CT molecular complexity index is 408. The predicted molar refractivity (Wildman–Crippen MR) is 86.5 cm³/mol. The molecule has 5 heteroatoms. The zero-order chi connectivity index (χ0) is 15.2. The highest BCUT2D eigenvalue weighted by Gasteiger charge is 2.22. The van der Waals surface area contributed by atoms with Gasteiger partial charge in [-0.05, 0) is 45.3 Å². The van der Waals surface area contributed by atoms with Crippen molar-refractivity contribution >= 4 is 6.01 Å². The molecule has 1 N–H and O–H groups in total. The monoisotopic (exact) mass is 294 g/mol. The van der Waals surface area contributed by atoms with Gasteiger partial charge >= 0.3 is 0 Å². The van der Waals surface area contributed by atoms with Crippen LogP contribution in [-0.2, 0) is 6.54 Å². The van der Waals surface area contributed by atoms with E-state index in [1.165, 1.54) is 19.4 Å². The van der Waals surface area contributed by atoms with E-state index < -0.39 is 0 Å². The van der Waals surface area contributed by atoms with Crippen LogP contribution >= 0.6 is 0 Å².